The molecule has 1 unspecified atom stereocenters. The number of anilines is 2. The number of para-hydroxylation sites is 1. The molecule has 1 aliphatic heterocycles. The summed E-state index contributed by atoms with van der Waals surface area (Å²) in [4.78, 5) is 40.4. The predicted octanol–water partition coefficient (Wildman–Crippen LogP) is 4.12. The zero-order valence-corrected chi connectivity index (χ0v) is 19.9. The van der Waals surface area contributed by atoms with E-state index in [-0.39, 0.29) is 17.1 Å². The van der Waals surface area contributed by atoms with Gasteiger partial charge >= 0.3 is 0 Å². The second-order valence-corrected chi connectivity index (χ2v) is 8.56. The molecule has 3 aromatic rings. The highest BCUT2D eigenvalue weighted by Gasteiger charge is 2.45. The molecule has 0 aliphatic carbocycles. The van der Waals surface area contributed by atoms with Gasteiger partial charge in [-0.2, -0.15) is 0 Å². The highest BCUT2D eigenvalue weighted by atomic mass is 32.1. The van der Waals surface area contributed by atoms with Gasteiger partial charge < -0.3 is 5.32 Å². The molecule has 1 fully saturated rings. The molecule has 2 N–H and O–H groups in total. The van der Waals surface area contributed by atoms with Crippen molar-refractivity contribution >= 4 is 46.4 Å². The van der Waals surface area contributed by atoms with E-state index in [1.807, 2.05) is 26.0 Å². The van der Waals surface area contributed by atoms with E-state index in [1.54, 1.807) is 36.4 Å². The van der Waals surface area contributed by atoms with Gasteiger partial charge in [0.2, 0.25) is 11.0 Å². The number of benzene rings is 3. The van der Waals surface area contributed by atoms with E-state index >= 15 is 0 Å². The van der Waals surface area contributed by atoms with Crippen LogP contribution in [-0.2, 0) is 9.59 Å². The van der Waals surface area contributed by atoms with Gasteiger partial charge in [0.15, 0.2) is 0 Å². The molecule has 1 aliphatic rings. The standard InChI is InChI=1S/C26H23FN4O3S/c1-16-11-12-21(17(2)13-16)28-23(32)15-22-25(34)30(20-9-4-3-5-10-20)26(35)31(22)29-24(33)18-7-6-8-19(27)14-18/h3-14,22H,15H2,1-2H3,(H,28,32)(H,29,33). The summed E-state index contributed by atoms with van der Waals surface area (Å²) in [5, 5.41) is 4.03. The molecule has 0 bridgehead atoms. The third-order valence-corrected chi connectivity index (χ3v) is 5.95. The molecule has 0 aromatic heterocycles. The molecule has 3 amide bonds. The molecule has 1 heterocycles. The maximum atomic E-state index is 13.6. The molecule has 4 rings (SSSR count). The fourth-order valence-electron chi connectivity index (χ4n) is 3.85. The Hall–Kier alpha value is -4.11. The quantitative estimate of drug-likeness (QED) is 0.508. The molecule has 0 radical (unpaired) electrons. The lowest BCUT2D eigenvalue weighted by atomic mass is 10.1. The number of hydrazine groups is 1. The van der Waals surface area contributed by atoms with Gasteiger partial charge in [-0.1, -0.05) is 42.0 Å². The van der Waals surface area contributed by atoms with Crippen LogP contribution < -0.4 is 15.6 Å². The number of thiocarbonyl (C=S) groups is 1. The van der Waals surface area contributed by atoms with E-state index < -0.39 is 29.6 Å². The molecular weight excluding hydrogens is 467 g/mol. The molecule has 1 saturated heterocycles. The lowest BCUT2D eigenvalue weighted by molar-refractivity contribution is -0.124. The van der Waals surface area contributed by atoms with Gasteiger partial charge in [-0.15, -0.1) is 0 Å². The summed E-state index contributed by atoms with van der Waals surface area (Å²) in [6, 6.07) is 18.4. The number of carbonyl (C=O) groups excluding carboxylic acids is 3. The van der Waals surface area contributed by atoms with Gasteiger partial charge in [0.05, 0.1) is 12.1 Å². The Bertz CT molecular complexity index is 1310. The van der Waals surface area contributed by atoms with Crippen molar-refractivity contribution in [2.75, 3.05) is 10.2 Å². The predicted molar refractivity (Wildman–Crippen MR) is 135 cm³/mol. The van der Waals surface area contributed by atoms with Crippen LogP contribution in [-0.4, -0.2) is 33.9 Å². The number of aryl methyl sites for hydroxylation is 2. The van der Waals surface area contributed by atoms with Gasteiger partial charge in [0, 0.05) is 11.3 Å². The van der Waals surface area contributed by atoms with E-state index in [0.29, 0.717) is 11.4 Å². The number of rotatable bonds is 6. The first kappa shape index (κ1) is 24.0. The number of amides is 3. The fraction of sp³-hybridized carbons (Fsp3) is 0.154. The number of nitrogens with zero attached hydrogens (tertiary/aromatic N) is 2. The van der Waals surface area contributed by atoms with Crippen molar-refractivity contribution in [1.29, 1.82) is 0 Å². The normalized spacial score (nSPS) is 15.3. The molecule has 1 atom stereocenters. The number of carbonyl (C=O) groups is 3. The van der Waals surface area contributed by atoms with Crippen molar-refractivity contribution in [1.82, 2.24) is 10.4 Å². The second-order valence-electron chi connectivity index (χ2n) is 8.20. The summed E-state index contributed by atoms with van der Waals surface area (Å²) >= 11 is 5.52. The zero-order chi connectivity index (χ0) is 25.1. The van der Waals surface area contributed by atoms with E-state index in [4.69, 9.17) is 12.2 Å². The fourth-order valence-corrected chi connectivity index (χ4v) is 4.22. The van der Waals surface area contributed by atoms with Crippen molar-refractivity contribution in [2.24, 2.45) is 0 Å². The molecule has 178 valence electrons. The molecular formula is C26H23FN4O3S. The first-order valence-corrected chi connectivity index (χ1v) is 11.3. The first-order valence-electron chi connectivity index (χ1n) is 10.9. The second kappa shape index (κ2) is 10.0. The number of halogens is 1. The molecule has 7 nitrogen and oxygen atoms in total. The number of hydrogen-bond donors (Lipinski definition) is 2. The summed E-state index contributed by atoms with van der Waals surface area (Å²) in [5.74, 6) is -2.11. The summed E-state index contributed by atoms with van der Waals surface area (Å²) < 4.78 is 13.6. The van der Waals surface area contributed by atoms with Crippen molar-refractivity contribution in [3.8, 4) is 0 Å². The molecule has 0 spiro atoms. The third kappa shape index (κ3) is 5.20. The van der Waals surface area contributed by atoms with Crippen molar-refractivity contribution < 1.29 is 18.8 Å². The number of nitrogens with one attached hydrogen (secondary N) is 2. The third-order valence-electron chi connectivity index (χ3n) is 5.57. The lowest BCUT2D eigenvalue weighted by Crippen LogP contribution is -2.49. The minimum atomic E-state index is -1.09. The van der Waals surface area contributed by atoms with E-state index in [2.05, 4.69) is 10.7 Å². The van der Waals surface area contributed by atoms with E-state index in [9.17, 15) is 18.8 Å². The van der Waals surface area contributed by atoms with Crippen molar-refractivity contribution in [3.05, 3.63) is 95.3 Å². The Morgan fingerprint density at radius 3 is 2.43 bits per heavy atom. The summed E-state index contributed by atoms with van der Waals surface area (Å²) in [5.41, 5.74) is 5.71. The molecule has 0 saturated carbocycles. The summed E-state index contributed by atoms with van der Waals surface area (Å²) in [7, 11) is 0. The van der Waals surface area contributed by atoms with Crippen molar-refractivity contribution in [2.45, 2.75) is 26.3 Å². The SMILES string of the molecule is Cc1ccc(NC(=O)CC2C(=O)N(c3ccccc3)C(=S)N2NC(=O)c2cccc(F)c2)c(C)c1. The monoisotopic (exact) mass is 490 g/mol. The van der Waals surface area contributed by atoms with Gasteiger partial charge in [0.1, 0.15) is 11.9 Å². The maximum absolute atomic E-state index is 13.6. The Morgan fingerprint density at radius 2 is 1.74 bits per heavy atom. The zero-order valence-electron chi connectivity index (χ0n) is 19.1. The van der Waals surface area contributed by atoms with Crippen LogP contribution in [0.3, 0.4) is 0 Å². The molecule has 9 heteroatoms. The minimum Gasteiger partial charge on any atom is -0.326 e. The van der Waals surface area contributed by atoms with Crippen LogP contribution in [0.1, 0.15) is 27.9 Å². The van der Waals surface area contributed by atoms with Gasteiger partial charge in [0.25, 0.3) is 11.8 Å². The Balaban J connectivity index is 1.60. The smallest absolute Gasteiger partial charge is 0.269 e. The molecule has 3 aromatic carbocycles. The van der Waals surface area contributed by atoms with Gasteiger partial charge in [-0.25, -0.2) is 9.40 Å². The van der Waals surface area contributed by atoms with Crippen LogP contribution in [0.25, 0.3) is 0 Å². The van der Waals surface area contributed by atoms with Crippen LogP contribution in [0.5, 0.6) is 0 Å². The lowest BCUT2D eigenvalue weighted by Gasteiger charge is -2.24. The van der Waals surface area contributed by atoms with Gasteiger partial charge in [-0.3, -0.25) is 24.7 Å². The summed E-state index contributed by atoms with van der Waals surface area (Å²) in [6.07, 6.45) is -0.265. The Kier molecular flexibility index (Phi) is 6.88. The average molecular weight is 491 g/mol. The van der Waals surface area contributed by atoms with Crippen LogP contribution >= 0.6 is 12.2 Å². The number of hydrogen-bond acceptors (Lipinski definition) is 4. The van der Waals surface area contributed by atoms with Gasteiger partial charge in [-0.05, 0) is 68.0 Å². The maximum Gasteiger partial charge on any atom is 0.269 e. The van der Waals surface area contributed by atoms with Crippen LogP contribution in [0.4, 0.5) is 15.8 Å². The highest BCUT2D eigenvalue weighted by molar-refractivity contribution is 7.80. The highest BCUT2D eigenvalue weighted by Crippen LogP contribution is 2.26. The van der Waals surface area contributed by atoms with Crippen LogP contribution in [0.2, 0.25) is 0 Å². The Morgan fingerprint density at radius 1 is 1.00 bits per heavy atom. The minimum absolute atomic E-state index is 0.00951. The van der Waals surface area contributed by atoms with Crippen molar-refractivity contribution in [3.63, 3.8) is 0 Å². The first-order chi connectivity index (χ1) is 16.7. The Labute approximate surface area is 207 Å². The summed E-state index contributed by atoms with van der Waals surface area (Å²) in [6.45, 7) is 3.83. The topological polar surface area (TPSA) is 81.8 Å². The molecule has 35 heavy (non-hydrogen) atoms. The van der Waals surface area contributed by atoms with Crippen LogP contribution in [0, 0.1) is 19.7 Å². The average Bonchev–Trinajstić information content (AvgIpc) is 3.05. The van der Waals surface area contributed by atoms with E-state index in [0.717, 1.165) is 17.2 Å². The van der Waals surface area contributed by atoms with Crippen LogP contribution in [0.15, 0.2) is 72.8 Å². The largest absolute Gasteiger partial charge is 0.326 e. The van der Waals surface area contributed by atoms with E-state index in [1.165, 1.54) is 28.1 Å².